The topological polar surface area (TPSA) is 140 Å². The van der Waals surface area contributed by atoms with E-state index in [1.165, 1.54) is 11.1 Å². The van der Waals surface area contributed by atoms with Crippen LogP contribution in [0.4, 0.5) is 4.79 Å². The summed E-state index contributed by atoms with van der Waals surface area (Å²) in [5.74, 6) is 0. The Kier molecular flexibility index (Phi) is 4.63. The predicted octanol–water partition coefficient (Wildman–Crippen LogP) is -0.226. The molecule has 2 aliphatic rings. The molecular weight excluding hydrogens is 280 g/mol. The molecule has 3 N–H and O–H groups in total. The third-order valence-electron chi connectivity index (χ3n) is 3.39. The fraction of sp³-hybridized carbons (Fsp3) is 0.636. The van der Waals surface area contributed by atoms with Crippen LogP contribution in [0, 0.1) is 0 Å². The highest BCUT2D eigenvalue weighted by molar-refractivity contribution is 5.77. The van der Waals surface area contributed by atoms with Crippen LogP contribution in [0.1, 0.15) is 13.3 Å². The molecule has 114 valence electrons. The summed E-state index contributed by atoms with van der Waals surface area (Å²) >= 11 is 0. The van der Waals surface area contributed by atoms with Gasteiger partial charge in [-0.2, -0.15) is 0 Å². The molecule has 0 aliphatic carbocycles. The number of ether oxygens (including phenoxy) is 1. The van der Waals surface area contributed by atoms with Gasteiger partial charge < -0.3 is 20.5 Å². The van der Waals surface area contributed by atoms with Crippen LogP contribution in [-0.4, -0.2) is 53.6 Å². The van der Waals surface area contributed by atoms with Crippen LogP contribution in [0.15, 0.2) is 16.9 Å². The number of urea groups is 1. The second-order valence-electron chi connectivity index (χ2n) is 4.80. The maximum Gasteiger partial charge on any atom is 0.325 e. The predicted molar refractivity (Wildman–Crippen MR) is 70.4 cm³/mol. The lowest BCUT2D eigenvalue weighted by atomic mass is 10.1. The highest BCUT2D eigenvalue weighted by atomic mass is 16.5. The third-order valence-corrected chi connectivity index (χ3v) is 3.39. The Balaban J connectivity index is 2.12. The average Bonchev–Trinajstić information content (AvgIpc) is 2.84. The SMILES string of the molecule is CC1=CN([C@H]2C[C@H](N=[N+]=[N-])[C@@H](CNC=O)O2)C(=O)NC1O. The molecule has 0 aromatic rings. The van der Waals surface area contributed by atoms with E-state index in [0.717, 1.165) is 0 Å². The number of rotatable bonds is 5. The Morgan fingerprint density at radius 1 is 1.76 bits per heavy atom. The monoisotopic (exact) mass is 296 g/mol. The highest BCUT2D eigenvalue weighted by Crippen LogP contribution is 2.27. The van der Waals surface area contributed by atoms with Crippen LogP contribution >= 0.6 is 0 Å². The van der Waals surface area contributed by atoms with Crippen molar-refractivity contribution in [3.8, 4) is 0 Å². The maximum atomic E-state index is 11.9. The van der Waals surface area contributed by atoms with Crippen molar-refractivity contribution in [2.45, 2.75) is 37.9 Å². The number of azide groups is 1. The van der Waals surface area contributed by atoms with Gasteiger partial charge in [0.05, 0.1) is 12.1 Å². The van der Waals surface area contributed by atoms with Gasteiger partial charge in [0.15, 0.2) is 6.23 Å². The van der Waals surface area contributed by atoms with Gasteiger partial charge in [-0.1, -0.05) is 5.11 Å². The first-order valence-electron chi connectivity index (χ1n) is 6.38. The molecule has 1 unspecified atom stereocenters. The molecule has 10 nitrogen and oxygen atoms in total. The molecule has 0 saturated carbocycles. The lowest BCUT2D eigenvalue weighted by Crippen LogP contribution is -2.51. The second kappa shape index (κ2) is 6.44. The van der Waals surface area contributed by atoms with E-state index in [-0.39, 0.29) is 6.54 Å². The molecule has 0 aromatic carbocycles. The number of hydrogen-bond acceptors (Lipinski definition) is 5. The lowest BCUT2D eigenvalue weighted by molar-refractivity contribution is -0.110. The normalized spacial score (nSPS) is 32.0. The molecule has 0 radical (unpaired) electrons. The minimum absolute atomic E-state index is 0.185. The number of aliphatic hydroxyl groups is 1. The smallest absolute Gasteiger partial charge is 0.325 e. The van der Waals surface area contributed by atoms with E-state index >= 15 is 0 Å². The van der Waals surface area contributed by atoms with Gasteiger partial charge in [0, 0.05) is 24.1 Å². The van der Waals surface area contributed by atoms with Crippen LogP contribution < -0.4 is 10.6 Å². The number of nitrogens with zero attached hydrogens (tertiary/aromatic N) is 4. The number of amides is 3. The van der Waals surface area contributed by atoms with Crippen molar-refractivity contribution in [2.75, 3.05) is 6.54 Å². The summed E-state index contributed by atoms with van der Waals surface area (Å²) in [5, 5.41) is 18.0. The molecule has 0 spiro atoms. The van der Waals surface area contributed by atoms with Crippen molar-refractivity contribution < 1.29 is 19.4 Å². The maximum absolute atomic E-state index is 11.9. The van der Waals surface area contributed by atoms with E-state index in [9.17, 15) is 14.7 Å². The first-order valence-corrected chi connectivity index (χ1v) is 6.38. The minimum atomic E-state index is -1.02. The summed E-state index contributed by atoms with van der Waals surface area (Å²) < 4.78 is 5.67. The largest absolute Gasteiger partial charge is 0.370 e. The van der Waals surface area contributed by atoms with Gasteiger partial charge in [0.2, 0.25) is 6.41 Å². The van der Waals surface area contributed by atoms with Gasteiger partial charge in [-0.3, -0.25) is 9.69 Å². The van der Waals surface area contributed by atoms with E-state index in [0.29, 0.717) is 18.4 Å². The zero-order valence-corrected chi connectivity index (χ0v) is 11.3. The van der Waals surface area contributed by atoms with E-state index in [2.05, 4.69) is 20.7 Å². The van der Waals surface area contributed by atoms with Gasteiger partial charge in [-0.05, 0) is 18.0 Å². The zero-order chi connectivity index (χ0) is 15.4. The second-order valence-corrected chi connectivity index (χ2v) is 4.80. The molecule has 21 heavy (non-hydrogen) atoms. The quantitative estimate of drug-likeness (QED) is 0.279. The Labute approximate surface area is 120 Å². The summed E-state index contributed by atoms with van der Waals surface area (Å²) in [6, 6.07) is -0.984. The van der Waals surface area contributed by atoms with E-state index in [4.69, 9.17) is 10.3 Å². The molecule has 2 heterocycles. The summed E-state index contributed by atoms with van der Waals surface area (Å²) in [6.45, 7) is 1.85. The van der Waals surface area contributed by atoms with Crippen molar-refractivity contribution >= 4 is 12.4 Å². The van der Waals surface area contributed by atoms with Gasteiger partial charge in [0.25, 0.3) is 0 Å². The van der Waals surface area contributed by atoms with Crippen molar-refractivity contribution in [2.24, 2.45) is 5.11 Å². The molecular formula is C11H16N6O4. The van der Waals surface area contributed by atoms with Crippen LogP contribution in [0.3, 0.4) is 0 Å². The standard InChI is InChI=1S/C11H16N6O4/c1-6-4-17(11(20)14-10(6)19)9-2-7(15-16-12)8(21-9)3-13-5-18/h4-5,7-10,19H,2-3H2,1H3,(H,13,18)(H,14,20)/t7-,8+,9+,10?/m0/s1. The number of hydrogen-bond donors (Lipinski definition) is 3. The summed E-state index contributed by atoms with van der Waals surface area (Å²) in [7, 11) is 0. The highest BCUT2D eigenvalue weighted by Gasteiger charge is 2.40. The van der Waals surface area contributed by atoms with Crippen molar-refractivity contribution in [3.05, 3.63) is 22.2 Å². The summed E-state index contributed by atoms with van der Waals surface area (Å²) in [5.41, 5.74) is 9.13. The Morgan fingerprint density at radius 3 is 3.19 bits per heavy atom. The molecule has 3 amide bonds. The Bertz CT molecular complexity index is 503. The van der Waals surface area contributed by atoms with Gasteiger partial charge in [-0.25, -0.2) is 4.79 Å². The lowest BCUT2D eigenvalue weighted by Gasteiger charge is -2.32. The molecule has 2 aliphatic heterocycles. The number of carbonyl (C=O) groups excluding carboxylic acids is 2. The van der Waals surface area contributed by atoms with Crippen molar-refractivity contribution in [1.82, 2.24) is 15.5 Å². The minimum Gasteiger partial charge on any atom is -0.370 e. The molecule has 4 atom stereocenters. The molecule has 0 aromatic heterocycles. The van der Waals surface area contributed by atoms with E-state index in [1.807, 2.05) is 0 Å². The fourth-order valence-corrected chi connectivity index (χ4v) is 2.29. The first-order chi connectivity index (χ1) is 10.1. The molecule has 0 bridgehead atoms. The fourth-order valence-electron chi connectivity index (χ4n) is 2.29. The number of carbonyl (C=O) groups is 2. The van der Waals surface area contributed by atoms with Crippen LogP contribution in [0.5, 0.6) is 0 Å². The zero-order valence-electron chi connectivity index (χ0n) is 11.3. The van der Waals surface area contributed by atoms with Crippen molar-refractivity contribution in [1.29, 1.82) is 0 Å². The van der Waals surface area contributed by atoms with E-state index in [1.54, 1.807) is 6.92 Å². The van der Waals surface area contributed by atoms with Crippen LogP contribution in [-0.2, 0) is 9.53 Å². The number of aliphatic hydroxyl groups excluding tert-OH is 1. The molecule has 1 saturated heterocycles. The molecule has 10 heteroatoms. The van der Waals surface area contributed by atoms with Gasteiger partial charge in [0.1, 0.15) is 6.23 Å². The van der Waals surface area contributed by atoms with E-state index < -0.39 is 30.6 Å². The Morgan fingerprint density at radius 2 is 2.52 bits per heavy atom. The van der Waals surface area contributed by atoms with Crippen LogP contribution in [0.2, 0.25) is 0 Å². The van der Waals surface area contributed by atoms with Crippen molar-refractivity contribution in [3.63, 3.8) is 0 Å². The molecule has 2 rings (SSSR count). The van der Waals surface area contributed by atoms with Gasteiger partial charge >= 0.3 is 6.03 Å². The third kappa shape index (κ3) is 3.24. The number of nitrogens with one attached hydrogen (secondary N) is 2. The summed E-state index contributed by atoms with van der Waals surface area (Å²) in [4.78, 5) is 26.3. The first kappa shape index (κ1) is 15.1. The summed E-state index contributed by atoms with van der Waals surface area (Å²) in [6.07, 6.45) is 0.179. The molecule has 1 fully saturated rings. The Hall–Kier alpha value is -2.29. The average molecular weight is 296 g/mol. The van der Waals surface area contributed by atoms with Gasteiger partial charge in [-0.15, -0.1) is 0 Å². The van der Waals surface area contributed by atoms with Crippen LogP contribution in [0.25, 0.3) is 10.4 Å².